The lowest BCUT2D eigenvalue weighted by Crippen LogP contribution is -2.63. The number of aliphatic hydroxyl groups is 2. The molecular weight excluding hydrogens is 526 g/mol. The average molecular weight is 584 g/mol. The molecule has 0 radical (unpaired) electrons. The summed E-state index contributed by atoms with van der Waals surface area (Å²) >= 11 is 0. The minimum atomic E-state index is -4.13. The number of hydrogen-bond donors (Lipinski definition) is 3. The van der Waals surface area contributed by atoms with Crippen molar-refractivity contribution in [1.29, 1.82) is 0 Å². The van der Waals surface area contributed by atoms with Gasteiger partial charge in [0, 0.05) is 19.0 Å². The minimum Gasteiger partial charge on any atom is -0.393 e. The van der Waals surface area contributed by atoms with E-state index in [0.29, 0.717) is 54.3 Å². The normalized spacial score (nSPS) is 44.0. The Morgan fingerprint density at radius 3 is 2.30 bits per heavy atom. The van der Waals surface area contributed by atoms with Gasteiger partial charge in [-0.3, -0.25) is 9.35 Å². The number of nitrogens with zero attached hydrogens (tertiary/aromatic N) is 1. The maximum Gasteiger partial charge on any atom is 0.266 e. The number of hydrogen-bond acceptors (Lipinski definition) is 5. The highest BCUT2D eigenvalue weighted by molar-refractivity contribution is 7.85. The van der Waals surface area contributed by atoms with Gasteiger partial charge in [-0.05, 0) is 117 Å². The predicted octanol–water partition coefficient (Wildman–Crippen LogP) is 5.40. The summed E-state index contributed by atoms with van der Waals surface area (Å²) in [5.41, 5.74) is 0.00807. The molecule has 8 heteroatoms. The van der Waals surface area contributed by atoms with Gasteiger partial charge in [0.15, 0.2) is 0 Å². The fourth-order valence-electron chi connectivity index (χ4n) is 11.0. The molecule has 0 bridgehead atoms. The minimum absolute atomic E-state index is 0.00197. The van der Waals surface area contributed by atoms with E-state index in [-0.39, 0.29) is 47.4 Å². The molecule has 0 aromatic rings. The molecule has 40 heavy (non-hydrogen) atoms. The van der Waals surface area contributed by atoms with E-state index in [9.17, 15) is 28.0 Å². The zero-order valence-corrected chi connectivity index (χ0v) is 26.9. The first-order valence-electron chi connectivity index (χ1n) is 16.2. The smallest absolute Gasteiger partial charge is 0.266 e. The van der Waals surface area contributed by atoms with Gasteiger partial charge in [-0.25, -0.2) is 0 Å². The van der Waals surface area contributed by atoms with Gasteiger partial charge in [-0.1, -0.05) is 41.0 Å². The Balaban J connectivity index is 1.51. The Morgan fingerprint density at radius 2 is 1.70 bits per heavy atom. The number of fused-ring (bicyclic) bond motifs is 5. The quantitative estimate of drug-likeness (QED) is 0.313. The largest absolute Gasteiger partial charge is 0.393 e. The predicted molar refractivity (Wildman–Crippen MR) is 158 cm³/mol. The average Bonchev–Trinajstić information content (AvgIpc) is 3.22. The van der Waals surface area contributed by atoms with Crippen LogP contribution < -0.4 is 0 Å². The second-order valence-electron chi connectivity index (χ2n) is 15.0. The van der Waals surface area contributed by atoms with Crippen LogP contribution in [0.3, 0.4) is 0 Å². The topological polar surface area (TPSA) is 115 Å². The molecular formula is C32H57NO6S. The Labute approximate surface area is 243 Å². The molecule has 0 aromatic heterocycles. The van der Waals surface area contributed by atoms with E-state index >= 15 is 0 Å². The van der Waals surface area contributed by atoms with Crippen LogP contribution in [0.5, 0.6) is 0 Å². The molecule has 4 aliphatic rings. The van der Waals surface area contributed by atoms with Crippen molar-refractivity contribution in [3.63, 3.8) is 0 Å². The van der Waals surface area contributed by atoms with Crippen LogP contribution in [0.4, 0.5) is 0 Å². The van der Waals surface area contributed by atoms with Gasteiger partial charge < -0.3 is 15.1 Å². The van der Waals surface area contributed by atoms with E-state index in [1.165, 1.54) is 0 Å². The summed E-state index contributed by atoms with van der Waals surface area (Å²) < 4.78 is 31.7. The van der Waals surface area contributed by atoms with Gasteiger partial charge in [-0.2, -0.15) is 8.42 Å². The van der Waals surface area contributed by atoms with Gasteiger partial charge >= 0.3 is 0 Å². The Kier molecular flexibility index (Phi) is 9.48. The maximum atomic E-state index is 13.1. The molecule has 7 nitrogen and oxygen atoms in total. The van der Waals surface area contributed by atoms with Crippen molar-refractivity contribution in [1.82, 2.24) is 4.90 Å². The van der Waals surface area contributed by atoms with Crippen LogP contribution in [0, 0.1) is 58.2 Å². The van der Waals surface area contributed by atoms with E-state index < -0.39 is 15.9 Å². The van der Waals surface area contributed by atoms with Gasteiger partial charge in [0.2, 0.25) is 5.91 Å². The van der Waals surface area contributed by atoms with Gasteiger partial charge in [0.05, 0.1) is 18.0 Å². The Morgan fingerprint density at radius 1 is 1.02 bits per heavy atom. The Bertz CT molecular complexity index is 1020. The monoisotopic (exact) mass is 583 g/mol. The number of carbonyl (C=O) groups is 1. The van der Waals surface area contributed by atoms with Crippen LogP contribution >= 0.6 is 0 Å². The van der Waals surface area contributed by atoms with E-state index in [1.807, 2.05) is 13.8 Å². The van der Waals surface area contributed by atoms with E-state index in [4.69, 9.17) is 0 Å². The molecule has 0 spiro atoms. The van der Waals surface area contributed by atoms with Crippen molar-refractivity contribution in [3.8, 4) is 0 Å². The van der Waals surface area contributed by atoms with E-state index in [2.05, 4.69) is 34.6 Å². The molecule has 0 aromatic carbocycles. The number of aliphatic hydroxyl groups excluding tert-OH is 2. The molecule has 1 amide bonds. The fraction of sp³-hybridized carbons (Fsp3) is 0.969. The fourth-order valence-corrected chi connectivity index (χ4v) is 11.4. The summed E-state index contributed by atoms with van der Waals surface area (Å²) in [5, 5.41) is 22.5. The Hall–Kier alpha value is -0.700. The summed E-state index contributed by atoms with van der Waals surface area (Å²) in [5.74, 6) is 3.37. The summed E-state index contributed by atoms with van der Waals surface area (Å²) in [6.07, 6.45) is 7.57. The first-order valence-corrected chi connectivity index (χ1v) is 17.8. The molecule has 3 N–H and O–H groups in total. The molecule has 0 heterocycles. The summed E-state index contributed by atoms with van der Waals surface area (Å²) in [6.45, 7) is 15.6. The molecule has 0 saturated heterocycles. The molecule has 4 saturated carbocycles. The molecule has 232 valence electrons. The second kappa shape index (κ2) is 11.8. The summed E-state index contributed by atoms with van der Waals surface area (Å²) in [6, 6.07) is -0.138. The van der Waals surface area contributed by atoms with Crippen molar-refractivity contribution in [2.24, 2.45) is 58.2 Å². The zero-order valence-electron chi connectivity index (χ0n) is 26.1. The number of rotatable bonds is 9. The molecule has 4 aliphatic carbocycles. The highest BCUT2D eigenvalue weighted by Gasteiger charge is 2.66. The van der Waals surface area contributed by atoms with Gasteiger partial charge in [0.1, 0.15) is 0 Å². The molecule has 0 unspecified atom stereocenters. The van der Waals surface area contributed by atoms with Crippen molar-refractivity contribution in [3.05, 3.63) is 0 Å². The van der Waals surface area contributed by atoms with E-state index in [0.717, 1.165) is 44.9 Å². The molecule has 4 fully saturated rings. The molecule has 4 rings (SSSR count). The third kappa shape index (κ3) is 5.65. The first-order chi connectivity index (χ1) is 18.6. The van der Waals surface area contributed by atoms with Crippen molar-refractivity contribution >= 4 is 16.0 Å². The highest BCUT2D eigenvalue weighted by Crippen LogP contribution is 2.70. The molecule has 0 aliphatic heterocycles. The van der Waals surface area contributed by atoms with Crippen LogP contribution in [-0.2, 0) is 14.9 Å². The lowest BCUT2D eigenvalue weighted by atomic mass is 9.39. The van der Waals surface area contributed by atoms with Crippen LogP contribution in [0.1, 0.15) is 106 Å². The first kappa shape index (κ1) is 32.2. The van der Waals surface area contributed by atoms with E-state index in [1.54, 1.807) is 4.90 Å². The van der Waals surface area contributed by atoms with Crippen LogP contribution in [0.25, 0.3) is 0 Å². The second-order valence-corrected chi connectivity index (χ2v) is 16.6. The zero-order chi connectivity index (χ0) is 29.8. The lowest BCUT2D eigenvalue weighted by molar-refractivity contribution is -0.209. The van der Waals surface area contributed by atoms with Gasteiger partial charge in [-0.15, -0.1) is 0 Å². The standard InChI is InChI=1S/C32H57NO6S/c1-8-23-21(5)30-25-11-10-24(20(4)9-12-29(36)33(19(2)3)15-16-40(37,38)39)32(25,7)28(35)18-27(30)31(6)14-13-22(34)17-26(23)31/h19-28,30,34-35H,8-18H2,1-7H3,(H,37,38,39)/t20-,21-,22-,23+,24-,25+,26+,27+,28+,30+,31+,32-/m1/s1. The summed E-state index contributed by atoms with van der Waals surface area (Å²) in [4.78, 5) is 14.7. The molecule has 12 atom stereocenters. The third-order valence-corrected chi connectivity index (χ3v) is 13.8. The van der Waals surface area contributed by atoms with Gasteiger partial charge in [0.25, 0.3) is 10.1 Å². The van der Waals surface area contributed by atoms with Crippen LogP contribution in [0.15, 0.2) is 0 Å². The maximum absolute atomic E-state index is 13.1. The third-order valence-electron chi connectivity index (χ3n) is 13.1. The number of amides is 1. The summed E-state index contributed by atoms with van der Waals surface area (Å²) in [7, 11) is -4.13. The van der Waals surface area contributed by atoms with Crippen molar-refractivity contribution in [2.45, 2.75) is 125 Å². The van der Waals surface area contributed by atoms with Crippen molar-refractivity contribution < 1.29 is 28.0 Å². The lowest BCUT2D eigenvalue weighted by Gasteiger charge is -2.66. The van der Waals surface area contributed by atoms with Crippen LogP contribution in [0.2, 0.25) is 0 Å². The highest BCUT2D eigenvalue weighted by atomic mass is 32.2. The van der Waals surface area contributed by atoms with Crippen LogP contribution in [-0.4, -0.2) is 64.5 Å². The van der Waals surface area contributed by atoms with Crippen molar-refractivity contribution in [2.75, 3.05) is 12.3 Å². The SMILES string of the molecule is CC[C@H]1[C@@H](C)[C@@H]2[C@H](C[C@H](O)[C@]3(C)[C@@H]([C@H](C)CCC(=O)N(CCS(=O)(=O)O)C(C)C)CC[C@@H]23)[C@@]2(C)CC[C@@H](O)C[C@@H]12. The number of carbonyl (C=O) groups excluding carboxylic acids is 1.